The zero-order valence-corrected chi connectivity index (χ0v) is 17.1. The molecule has 1 aliphatic rings. The van der Waals surface area contributed by atoms with Crippen molar-refractivity contribution in [1.82, 2.24) is 15.1 Å². The maximum Gasteiger partial charge on any atom is 0.259 e. The lowest BCUT2D eigenvalue weighted by molar-refractivity contribution is 0.102. The lowest BCUT2D eigenvalue weighted by Gasteiger charge is -2.33. The standard InChI is InChI=1S/C21H20Cl2N4O/c1-12-17(9-24-26-12)21(28)25-15-5-3-13(4-6-15)18-10-27(2)11-19-16(18)7-14(22)8-20(19)23/h3-9,18H,10-11H2,1-2H3,(H,24,26)(H,25,28). The Morgan fingerprint density at radius 3 is 2.68 bits per heavy atom. The monoisotopic (exact) mass is 414 g/mol. The highest BCUT2D eigenvalue weighted by atomic mass is 35.5. The van der Waals surface area contributed by atoms with Gasteiger partial charge in [-0.3, -0.25) is 9.89 Å². The molecular formula is C21H20Cl2N4O. The summed E-state index contributed by atoms with van der Waals surface area (Å²) in [6.45, 7) is 3.50. The number of rotatable bonds is 3. The van der Waals surface area contributed by atoms with Gasteiger partial charge in [-0.15, -0.1) is 0 Å². The molecule has 1 unspecified atom stereocenters. The first-order valence-corrected chi connectivity index (χ1v) is 9.75. The first kappa shape index (κ1) is 19.0. The van der Waals surface area contributed by atoms with Crippen LogP contribution in [0.5, 0.6) is 0 Å². The van der Waals surface area contributed by atoms with Gasteiger partial charge in [0.1, 0.15) is 0 Å². The fourth-order valence-corrected chi connectivity index (χ4v) is 4.28. The third-order valence-corrected chi connectivity index (χ3v) is 5.69. The topological polar surface area (TPSA) is 61.0 Å². The number of anilines is 1. The van der Waals surface area contributed by atoms with E-state index < -0.39 is 0 Å². The molecule has 4 rings (SSSR count). The van der Waals surface area contributed by atoms with Crippen LogP contribution in [0.4, 0.5) is 5.69 Å². The van der Waals surface area contributed by atoms with Gasteiger partial charge in [0.25, 0.3) is 5.91 Å². The van der Waals surface area contributed by atoms with Crippen LogP contribution in [0.2, 0.25) is 10.0 Å². The van der Waals surface area contributed by atoms with E-state index >= 15 is 0 Å². The Balaban J connectivity index is 1.60. The number of nitrogens with one attached hydrogen (secondary N) is 2. The van der Waals surface area contributed by atoms with Gasteiger partial charge in [0, 0.05) is 40.4 Å². The molecule has 3 aromatic rings. The lowest BCUT2D eigenvalue weighted by Crippen LogP contribution is -2.31. The summed E-state index contributed by atoms with van der Waals surface area (Å²) in [6.07, 6.45) is 1.53. The average molecular weight is 415 g/mol. The SMILES string of the molecule is Cc1[nH]ncc1C(=O)Nc1ccc(C2CN(C)Cc3c(Cl)cc(Cl)cc32)cc1. The van der Waals surface area contributed by atoms with Crippen LogP contribution in [-0.4, -0.2) is 34.6 Å². The highest BCUT2D eigenvalue weighted by Crippen LogP contribution is 2.38. The van der Waals surface area contributed by atoms with Crippen LogP contribution in [0.15, 0.2) is 42.6 Å². The van der Waals surface area contributed by atoms with Crippen LogP contribution >= 0.6 is 23.2 Å². The van der Waals surface area contributed by atoms with Crippen molar-refractivity contribution in [2.75, 3.05) is 18.9 Å². The van der Waals surface area contributed by atoms with E-state index in [0.29, 0.717) is 15.6 Å². The number of halogens is 2. The summed E-state index contributed by atoms with van der Waals surface area (Å²) in [4.78, 5) is 14.6. The van der Waals surface area contributed by atoms with Crippen LogP contribution in [0.1, 0.15) is 38.7 Å². The molecule has 2 heterocycles. The van der Waals surface area contributed by atoms with E-state index in [0.717, 1.165) is 35.6 Å². The summed E-state index contributed by atoms with van der Waals surface area (Å²) in [6, 6.07) is 11.7. The van der Waals surface area contributed by atoms with E-state index in [2.05, 4.69) is 27.5 Å². The molecule has 0 bridgehead atoms. The molecule has 1 amide bonds. The largest absolute Gasteiger partial charge is 0.322 e. The molecule has 0 saturated heterocycles. The van der Waals surface area contributed by atoms with Gasteiger partial charge in [0.2, 0.25) is 0 Å². The van der Waals surface area contributed by atoms with Gasteiger partial charge in [0.15, 0.2) is 0 Å². The number of H-pyrrole nitrogens is 1. The Bertz CT molecular complexity index is 1030. The molecule has 1 atom stereocenters. The summed E-state index contributed by atoms with van der Waals surface area (Å²) >= 11 is 12.7. The second-order valence-electron chi connectivity index (χ2n) is 7.19. The number of benzene rings is 2. The summed E-state index contributed by atoms with van der Waals surface area (Å²) in [5, 5.41) is 10.9. The van der Waals surface area contributed by atoms with Crippen LogP contribution in [0.3, 0.4) is 0 Å². The Labute approximate surface area is 173 Å². The molecule has 28 heavy (non-hydrogen) atoms. The van der Waals surface area contributed by atoms with Gasteiger partial charge in [0.05, 0.1) is 11.8 Å². The summed E-state index contributed by atoms with van der Waals surface area (Å²) in [5.74, 6) is -0.00821. The number of aryl methyl sites for hydroxylation is 1. The molecule has 2 N–H and O–H groups in total. The number of hydrogen-bond donors (Lipinski definition) is 2. The number of carbonyl (C=O) groups excluding carboxylic acids is 1. The minimum absolute atomic E-state index is 0.172. The van der Waals surface area contributed by atoms with Gasteiger partial charge < -0.3 is 10.2 Å². The second-order valence-corrected chi connectivity index (χ2v) is 8.03. The fourth-order valence-electron chi connectivity index (χ4n) is 3.71. The molecule has 2 aromatic carbocycles. The number of amides is 1. The van der Waals surface area contributed by atoms with Gasteiger partial charge >= 0.3 is 0 Å². The molecule has 0 aliphatic carbocycles. The summed E-state index contributed by atoms with van der Waals surface area (Å²) in [5.41, 5.74) is 5.46. The van der Waals surface area contributed by atoms with Crippen molar-refractivity contribution in [3.05, 3.63) is 80.6 Å². The van der Waals surface area contributed by atoms with E-state index in [1.165, 1.54) is 11.8 Å². The van der Waals surface area contributed by atoms with Crippen LogP contribution in [0.25, 0.3) is 0 Å². The third kappa shape index (κ3) is 3.65. The maximum atomic E-state index is 12.4. The normalized spacial score (nSPS) is 16.6. The molecule has 1 aromatic heterocycles. The van der Waals surface area contributed by atoms with Crippen LogP contribution < -0.4 is 5.32 Å². The Kier molecular flexibility index (Phi) is 5.15. The molecule has 5 nitrogen and oxygen atoms in total. The minimum atomic E-state index is -0.180. The highest BCUT2D eigenvalue weighted by molar-refractivity contribution is 6.35. The average Bonchev–Trinajstić information content (AvgIpc) is 3.09. The zero-order valence-electron chi connectivity index (χ0n) is 15.6. The molecule has 0 spiro atoms. The van der Waals surface area contributed by atoms with Crippen molar-refractivity contribution in [3.8, 4) is 0 Å². The minimum Gasteiger partial charge on any atom is -0.322 e. The molecule has 1 aliphatic heterocycles. The van der Waals surface area contributed by atoms with Crippen molar-refractivity contribution >= 4 is 34.8 Å². The van der Waals surface area contributed by atoms with E-state index in [-0.39, 0.29) is 11.8 Å². The van der Waals surface area contributed by atoms with Gasteiger partial charge in [-0.2, -0.15) is 5.10 Å². The van der Waals surface area contributed by atoms with Crippen molar-refractivity contribution in [2.45, 2.75) is 19.4 Å². The number of aromatic nitrogens is 2. The van der Waals surface area contributed by atoms with Crippen molar-refractivity contribution < 1.29 is 4.79 Å². The van der Waals surface area contributed by atoms with E-state index in [1.54, 1.807) is 6.07 Å². The Morgan fingerprint density at radius 2 is 2.00 bits per heavy atom. The quantitative estimate of drug-likeness (QED) is 0.643. The summed E-state index contributed by atoms with van der Waals surface area (Å²) in [7, 11) is 2.09. The molecule has 144 valence electrons. The predicted molar refractivity (Wildman–Crippen MR) is 112 cm³/mol. The van der Waals surface area contributed by atoms with E-state index in [1.807, 2.05) is 37.3 Å². The third-order valence-electron chi connectivity index (χ3n) is 5.14. The number of hydrogen-bond acceptors (Lipinski definition) is 3. The van der Waals surface area contributed by atoms with Crippen LogP contribution in [0, 0.1) is 6.92 Å². The van der Waals surface area contributed by atoms with E-state index in [4.69, 9.17) is 23.2 Å². The maximum absolute atomic E-state index is 12.4. The van der Waals surface area contributed by atoms with Crippen molar-refractivity contribution in [3.63, 3.8) is 0 Å². The number of fused-ring (bicyclic) bond motifs is 1. The number of aromatic amines is 1. The van der Waals surface area contributed by atoms with Gasteiger partial charge in [-0.1, -0.05) is 35.3 Å². The van der Waals surface area contributed by atoms with Crippen molar-refractivity contribution in [1.29, 1.82) is 0 Å². The molecule has 0 fully saturated rings. The number of likely N-dealkylation sites (N-methyl/N-ethyl adjacent to an activating group) is 1. The van der Waals surface area contributed by atoms with E-state index in [9.17, 15) is 4.79 Å². The van der Waals surface area contributed by atoms with Gasteiger partial charge in [-0.25, -0.2) is 0 Å². The molecule has 0 radical (unpaired) electrons. The number of nitrogens with zero attached hydrogens (tertiary/aromatic N) is 2. The fraction of sp³-hybridized carbons (Fsp3) is 0.238. The Morgan fingerprint density at radius 1 is 1.25 bits per heavy atom. The first-order valence-electron chi connectivity index (χ1n) is 9.00. The highest BCUT2D eigenvalue weighted by Gasteiger charge is 2.27. The first-order chi connectivity index (χ1) is 13.4. The summed E-state index contributed by atoms with van der Waals surface area (Å²) < 4.78 is 0. The van der Waals surface area contributed by atoms with Gasteiger partial charge in [-0.05, 0) is 54.9 Å². The zero-order chi connectivity index (χ0) is 19.8. The molecule has 7 heteroatoms. The molecule has 0 saturated carbocycles. The Hall–Kier alpha value is -2.34. The lowest BCUT2D eigenvalue weighted by atomic mass is 9.84. The smallest absolute Gasteiger partial charge is 0.259 e. The van der Waals surface area contributed by atoms with Crippen LogP contribution in [-0.2, 0) is 6.54 Å². The second kappa shape index (κ2) is 7.59. The van der Waals surface area contributed by atoms with Crippen molar-refractivity contribution in [2.24, 2.45) is 0 Å². The molecular weight excluding hydrogens is 395 g/mol. The predicted octanol–water partition coefficient (Wildman–Crippen LogP) is 4.85. The number of carbonyl (C=O) groups is 1.